The van der Waals surface area contributed by atoms with Gasteiger partial charge in [0.1, 0.15) is 0 Å². The highest BCUT2D eigenvalue weighted by Gasteiger charge is 2.25. The Hall–Kier alpha value is -1.14. The third-order valence-electron chi connectivity index (χ3n) is 2.98. The van der Waals surface area contributed by atoms with Gasteiger partial charge in [0.25, 0.3) is 5.69 Å². The number of hydrogen-bond donors (Lipinski definition) is 2. The van der Waals surface area contributed by atoms with Crippen LogP contribution in [0.3, 0.4) is 0 Å². The molecule has 0 aromatic heterocycles. The van der Waals surface area contributed by atoms with E-state index in [-0.39, 0.29) is 5.69 Å². The summed E-state index contributed by atoms with van der Waals surface area (Å²) in [5, 5.41) is 23.6. The maximum Gasteiger partial charge on any atom is 0.273 e. The molecular weight excluding hydrogens is 300 g/mol. The molecule has 1 unspecified atom stereocenters. The Balaban J connectivity index is 3.13. The zero-order valence-electron chi connectivity index (χ0n) is 10.8. The lowest BCUT2D eigenvalue weighted by Gasteiger charge is -2.31. The van der Waals surface area contributed by atoms with Gasteiger partial charge in [-0.2, -0.15) is 0 Å². The van der Waals surface area contributed by atoms with Gasteiger partial charge in [-0.05, 0) is 49.7 Å². The van der Waals surface area contributed by atoms with Gasteiger partial charge in [-0.1, -0.05) is 0 Å². The fraction of sp³-hybridized carbons (Fsp3) is 0.500. The topological polar surface area (TPSA) is 75.4 Å². The highest BCUT2D eigenvalue weighted by molar-refractivity contribution is 9.10. The predicted molar refractivity (Wildman–Crippen MR) is 74.9 cm³/mol. The van der Waals surface area contributed by atoms with Crippen LogP contribution in [-0.2, 0) is 0 Å². The van der Waals surface area contributed by atoms with Crippen LogP contribution in [0.4, 0.5) is 11.4 Å². The van der Waals surface area contributed by atoms with Gasteiger partial charge in [-0.25, -0.2) is 0 Å². The molecule has 0 spiro atoms. The SMILES string of the molecule is Cc1cc(NC(C)(C)C(C)O)c(Br)cc1[N+](=O)[O-]. The summed E-state index contributed by atoms with van der Waals surface area (Å²) in [5.41, 5.74) is 0.851. The number of nitrogens with zero attached hydrogens (tertiary/aromatic N) is 1. The Morgan fingerprint density at radius 2 is 2.06 bits per heavy atom. The van der Waals surface area contributed by atoms with Crippen molar-refractivity contribution in [2.24, 2.45) is 0 Å². The van der Waals surface area contributed by atoms with Gasteiger partial charge in [0, 0.05) is 21.8 Å². The number of nitro groups is 1. The van der Waals surface area contributed by atoms with E-state index in [0.717, 1.165) is 5.69 Å². The van der Waals surface area contributed by atoms with Gasteiger partial charge in [0.15, 0.2) is 0 Å². The average Bonchev–Trinajstić information content (AvgIpc) is 2.21. The molecule has 100 valence electrons. The molecule has 1 rings (SSSR count). The van der Waals surface area contributed by atoms with Crippen LogP contribution in [0.5, 0.6) is 0 Å². The van der Waals surface area contributed by atoms with Crippen LogP contribution in [0, 0.1) is 17.0 Å². The quantitative estimate of drug-likeness (QED) is 0.660. The molecular formula is C12H17BrN2O3. The van der Waals surface area contributed by atoms with Crippen molar-refractivity contribution in [2.45, 2.75) is 39.3 Å². The first-order chi connectivity index (χ1) is 8.15. The molecule has 0 aliphatic rings. The summed E-state index contributed by atoms with van der Waals surface area (Å²) in [7, 11) is 0. The van der Waals surface area contributed by atoms with Crippen LogP contribution in [0.2, 0.25) is 0 Å². The second kappa shape index (κ2) is 5.24. The van der Waals surface area contributed by atoms with E-state index in [0.29, 0.717) is 10.0 Å². The van der Waals surface area contributed by atoms with E-state index >= 15 is 0 Å². The lowest BCUT2D eigenvalue weighted by Crippen LogP contribution is -2.42. The third kappa shape index (κ3) is 3.20. The number of rotatable bonds is 4. The number of aryl methyl sites for hydroxylation is 1. The van der Waals surface area contributed by atoms with Crippen LogP contribution in [-0.4, -0.2) is 21.7 Å². The fourth-order valence-electron chi connectivity index (χ4n) is 1.42. The van der Waals surface area contributed by atoms with Crippen LogP contribution < -0.4 is 5.32 Å². The summed E-state index contributed by atoms with van der Waals surface area (Å²) in [4.78, 5) is 10.4. The second-order valence-electron chi connectivity index (χ2n) is 4.90. The molecule has 0 saturated carbocycles. The highest BCUT2D eigenvalue weighted by atomic mass is 79.9. The molecule has 1 aromatic carbocycles. The van der Waals surface area contributed by atoms with E-state index in [1.54, 1.807) is 19.9 Å². The zero-order valence-corrected chi connectivity index (χ0v) is 12.4. The van der Waals surface area contributed by atoms with E-state index in [2.05, 4.69) is 21.2 Å². The molecule has 0 radical (unpaired) electrons. The van der Waals surface area contributed by atoms with E-state index in [1.165, 1.54) is 6.07 Å². The molecule has 0 aliphatic carbocycles. The number of aliphatic hydroxyl groups excluding tert-OH is 1. The standard InChI is InChI=1S/C12H17BrN2O3/c1-7-5-10(14-12(3,4)8(2)16)9(13)6-11(7)15(17)18/h5-6,8,14,16H,1-4H3. The van der Waals surface area contributed by atoms with Crippen molar-refractivity contribution in [3.63, 3.8) is 0 Å². The minimum atomic E-state index is -0.556. The summed E-state index contributed by atoms with van der Waals surface area (Å²) in [5.74, 6) is 0. The predicted octanol–water partition coefficient (Wildman–Crippen LogP) is 3.24. The molecule has 0 aliphatic heterocycles. The molecule has 0 amide bonds. The number of anilines is 1. The Morgan fingerprint density at radius 3 is 2.50 bits per heavy atom. The lowest BCUT2D eigenvalue weighted by atomic mass is 9.98. The number of nitrogens with one attached hydrogen (secondary N) is 1. The van der Waals surface area contributed by atoms with E-state index in [1.807, 2.05) is 13.8 Å². The number of halogens is 1. The lowest BCUT2D eigenvalue weighted by molar-refractivity contribution is -0.385. The first-order valence-electron chi connectivity index (χ1n) is 5.56. The van der Waals surface area contributed by atoms with Crippen molar-refractivity contribution in [3.05, 3.63) is 32.3 Å². The van der Waals surface area contributed by atoms with Crippen LogP contribution >= 0.6 is 15.9 Å². The molecule has 5 nitrogen and oxygen atoms in total. The monoisotopic (exact) mass is 316 g/mol. The Morgan fingerprint density at radius 1 is 1.50 bits per heavy atom. The smallest absolute Gasteiger partial charge is 0.273 e. The molecule has 0 heterocycles. The molecule has 18 heavy (non-hydrogen) atoms. The second-order valence-corrected chi connectivity index (χ2v) is 5.75. The zero-order chi connectivity index (χ0) is 14.1. The fourth-order valence-corrected chi connectivity index (χ4v) is 1.85. The van der Waals surface area contributed by atoms with Crippen LogP contribution in [0.1, 0.15) is 26.3 Å². The van der Waals surface area contributed by atoms with Crippen LogP contribution in [0.25, 0.3) is 0 Å². The number of nitro benzene ring substituents is 1. The molecule has 0 saturated heterocycles. The molecule has 2 N–H and O–H groups in total. The van der Waals surface area contributed by atoms with Crippen molar-refractivity contribution < 1.29 is 10.0 Å². The largest absolute Gasteiger partial charge is 0.391 e. The average molecular weight is 317 g/mol. The van der Waals surface area contributed by atoms with Crippen molar-refractivity contribution >= 4 is 27.3 Å². The summed E-state index contributed by atoms with van der Waals surface area (Å²) in [6.07, 6.45) is -0.556. The first-order valence-corrected chi connectivity index (χ1v) is 6.35. The summed E-state index contributed by atoms with van der Waals surface area (Å²) in [6.45, 7) is 7.10. The Bertz CT molecular complexity index is 473. The van der Waals surface area contributed by atoms with Crippen molar-refractivity contribution in [3.8, 4) is 0 Å². The number of hydrogen-bond acceptors (Lipinski definition) is 4. The summed E-state index contributed by atoms with van der Waals surface area (Å²) < 4.78 is 0.605. The van der Waals surface area contributed by atoms with Gasteiger partial charge in [-0.3, -0.25) is 10.1 Å². The summed E-state index contributed by atoms with van der Waals surface area (Å²) in [6, 6.07) is 3.17. The molecule has 1 aromatic rings. The third-order valence-corrected chi connectivity index (χ3v) is 3.64. The van der Waals surface area contributed by atoms with Crippen molar-refractivity contribution in [1.29, 1.82) is 0 Å². The molecule has 0 bridgehead atoms. The van der Waals surface area contributed by atoms with Gasteiger partial charge in [0.2, 0.25) is 0 Å². The Kier molecular flexibility index (Phi) is 4.34. The number of aliphatic hydroxyl groups is 1. The first kappa shape index (κ1) is 14.9. The van der Waals surface area contributed by atoms with Crippen molar-refractivity contribution in [2.75, 3.05) is 5.32 Å². The maximum atomic E-state index is 10.8. The summed E-state index contributed by atoms with van der Waals surface area (Å²) >= 11 is 3.30. The minimum Gasteiger partial charge on any atom is -0.391 e. The minimum absolute atomic E-state index is 0.0716. The van der Waals surface area contributed by atoms with Crippen molar-refractivity contribution in [1.82, 2.24) is 0 Å². The van der Waals surface area contributed by atoms with Gasteiger partial charge < -0.3 is 10.4 Å². The van der Waals surface area contributed by atoms with E-state index in [9.17, 15) is 15.2 Å². The molecule has 0 fully saturated rings. The Labute approximate surface area is 114 Å². The molecule has 6 heteroatoms. The van der Waals surface area contributed by atoms with E-state index in [4.69, 9.17) is 0 Å². The maximum absolute atomic E-state index is 10.8. The van der Waals surface area contributed by atoms with Crippen LogP contribution in [0.15, 0.2) is 16.6 Å². The van der Waals surface area contributed by atoms with Gasteiger partial charge in [0.05, 0.1) is 16.6 Å². The highest BCUT2D eigenvalue weighted by Crippen LogP contribution is 2.32. The number of benzene rings is 1. The normalized spacial score (nSPS) is 13.2. The molecule has 1 atom stereocenters. The van der Waals surface area contributed by atoms with E-state index < -0.39 is 16.6 Å². The van der Waals surface area contributed by atoms with Gasteiger partial charge >= 0.3 is 0 Å². The van der Waals surface area contributed by atoms with Gasteiger partial charge in [-0.15, -0.1) is 0 Å².